The van der Waals surface area contributed by atoms with Gasteiger partial charge < -0.3 is 5.11 Å². The number of benzene rings is 1. The molecule has 0 saturated heterocycles. The number of hydrogen-bond acceptors (Lipinski definition) is 3. The predicted molar refractivity (Wildman–Crippen MR) is 60.2 cm³/mol. The normalized spacial score (nSPS) is 15.3. The van der Waals surface area contributed by atoms with E-state index >= 15 is 0 Å². The molecule has 0 bridgehead atoms. The first-order chi connectivity index (χ1) is 8.09. The van der Waals surface area contributed by atoms with Crippen LogP contribution in [0.25, 0.3) is 5.57 Å². The van der Waals surface area contributed by atoms with Crippen LogP contribution in [0.4, 0.5) is 0 Å². The van der Waals surface area contributed by atoms with E-state index in [0.29, 0.717) is 5.56 Å². The van der Waals surface area contributed by atoms with E-state index in [9.17, 15) is 14.4 Å². The third-order valence-electron chi connectivity index (χ3n) is 2.40. The number of carboxylic acids is 1. The molecule has 17 heavy (non-hydrogen) atoms. The first kappa shape index (κ1) is 11.0. The molecule has 0 amide bonds. The average molecular weight is 228 g/mol. The number of allylic oxidation sites excluding steroid dienone is 3. The Hall–Kier alpha value is -2.49. The van der Waals surface area contributed by atoms with Gasteiger partial charge in [-0.3, -0.25) is 9.59 Å². The Morgan fingerprint density at radius 2 is 1.59 bits per heavy atom. The number of rotatable bonds is 2. The van der Waals surface area contributed by atoms with Gasteiger partial charge in [0.25, 0.3) is 0 Å². The SMILES string of the molecule is O=C(O)C1=CC(=O)C(c2ccccc2)=CC1=O. The number of hydrogen-bond donors (Lipinski definition) is 1. The van der Waals surface area contributed by atoms with Crippen molar-refractivity contribution < 1.29 is 19.5 Å². The molecule has 0 radical (unpaired) electrons. The molecular weight excluding hydrogens is 220 g/mol. The Morgan fingerprint density at radius 1 is 0.941 bits per heavy atom. The molecule has 0 fully saturated rings. The maximum atomic E-state index is 11.7. The minimum absolute atomic E-state index is 0.223. The van der Waals surface area contributed by atoms with Crippen molar-refractivity contribution in [3.05, 3.63) is 53.6 Å². The van der Waals surface area contributed by atoms with Crippen LogP contribution < -0.4 is 0 Å². The summed E-state index contributed by atoms with van der Waals surface area (Å²) in [6.07, 6.45) is 1.94. The summed E-state index contributed by atoms with van der Waals surface area (Å²) in [7, 11) is 0. The zero-order chi connectivity index (χ0) is 12.4. The molecule has 1 aliphatic carbocycles. The van der Waals surface area contributed by atoms with Gasteiger partial charge in [0.15, 0.2) is 11.6 Å². The summed E-state index contributed by atoms with van der Waals surface area (Å²) in [6, 6.07) is 8.65. The lowest BCUT2D eigenvalue weighted by molar-refractivity contribution is -0.134. The van der Waals surface area contributed by atoms with E-state index in [-0.39, 0.29) is 5.57 Å². The molecule has 0 heterocycles. The highest BCUT2D eigenvalue weighted by atomic mass is 16.4. The third-order valence-corrected chi connectivity index (χ3v) is 2.40. The van der Waals surface area contributed by atoms with Crippen molar-refractivity contribution in [3.63, 3.8) is 0 Å². The molecule has 0 atom stereocenters. The Bertz CT molecular complexity index is 564. The fourth-order valence-electron chi connectivity index (χ4n) is 1.57. The lowest BCUT2D eigenvalue weighted by atomic mass is 9.92. The van der Waals surface area contributed by atoms with Gasteiger partial charge in [0.05, 0.1) is 0 Å². The minimum Gasteiger partial charge on any atom is -0.478 e. The first-order valence-electron chi connectivity index (χ1n) is 4.90. The Kier molecular flexibility index (Phi) is 2.70. The van der Waals surface area contributed by atoms with Gasteiger partial charge in [0.2, 0.25) is 0 Å². The van der Waals surface area contributed by atoms with E-state index in [0.717, 1.165) is 12.2 Å². The van der Waals surface area contributed by atoms with E-state index in [4.69, 9.17) is 5.11 Å². The third kappa shape index (κ3) is 2.06. The van der Waals surface area contributed by atoms with Gasteiger partial charge >= 0.3 is 5.97 Å². The smallest absolute Gasteiger partial charge is 0.339 e. The van der Waals surface area contributed by atoms with Gasteiger partial charge in [0.1, 0.15) is 5.57 Å². The predicted octanol–water partition coefficient (Wildman–Crippen LogP) is 1.23. The minimum atomic E-state index is -1.38. The van der Waals surface area contributed by atoms with Crippen LogP contribution in [-0.2, 0) is 14.4 Å². The van der Waals surface area contributed by atoms with Crippen molar-refractivity contribution in [2.24, 2.45) is 0 Å². The van der Waals surface area contributed by atoms with Crippen LogP contribution in [0.2, 0.25) is 0 Å². The van der Waals surface area contributed by atoms with Crippen LogP contribution in [0.1, 0.15) is 5.56 Å². The molecule has 0 aliphatic heterocycles. The molecule has 4 heteroatoms. The first-order valence-corrected chi connectivity index (χ1v) is 4.90. The fourth-order valence-corrected chi connectivity index (χ4v) is 1.57. The molecule has 1 aromatic rings. The van der Waals surface area contributed by atoms with Crippen molar-refractivity contribution in [2.45, 2.75) is 0 Å². The van der Waals surface area contributed by atoms with Gasteiger partial charge in [-0.1, -0.05) is 30.3 Å². The van der Waals surface area contributed by atoms with E-state index < -0.39 is 23.1 Å². The zero-order valence-electron chi connectivity index (χ0n) is 8.71. The highest BCUT2D eigenvalue weighted by Gasteiger charge is 2.25. The van der Waals surface area contributed by atoms with Crippen LogP contribution in [0.5, 0.6) is 0 Å². The molecule has 0 spiro atoms. The number of carbonyl (C=O) groups is 3. The molecule has 0 aromatic heterocycles. The summed E-state index contributed by atoms with van der Waals surface area (Å²) in [5.41, 5.74) is 0.335. The molecule has 1 N–H and O–H groups in total. The van der Waals surface area contributed by atoms with Crippen molar-refractivity contribution in [1.29, 1.82) is 0 Å². The number of ketones is 2. The molecule has 0 saturated carbocycles. The van der Waals surface area contributed by atoms with E-state index in [1.54, 1.807) is 30.3 Å². The van der Waals surface area contributed by atoms with Crippen molar-refractivity contribution >= 4 is 23.1 Å². The summed E-state index contributed by atoms with van der Waals surface area (Å²) in [5.74, 6) is -2.50. The molecule has 0 unspecified atom stereocenters. The van der Waals surface area contributed by atoms with Gasteiger partial charge in [-0.25, -0.2) is 4.79 Å². The van der Waals surface area contributed by atoms with Crippen molar-refractivity contribution in [2.75, 3.05) is 0 Å². The van der Waals surface area contributed by atoms with Crippen LogP contribution in [0, 0.1) is 0 Å². The van der Waals surface area contributed by atoms with Gasteiger partial charge in [-0.2, -0.15) is 0 Å². The highest BCUT2D eigenvalue weighted by molar-refractivity contribution is 6.39. The van der Waals surface area contributed by atoms with E-state index in [2.05, 4.69) is 0 Å². The van der Waals surface area contributed by atoms with Crippen LogP contribution >= 0.6 is 0 Å². The van der Waals surface area contributed by atoms with Crippen LogP contribution in [-0.4, -0.2) is 22.6 Å². The van der Waals surface area contributed by atoms with E-state index in [1.807, 2.05) is 0 Å². The fraction of sp³-hybridized carbons (Fsp3) is 0. The standard InChI is InChI=1S/C13H8O4/c14-11-7-10(13(16)17)12(15)6-9(11)8-4-2-1-3-5-8/h1-7H,(H,16,17). The number of carboxylic acid groups (broad SMARTS) is 1. The summed E-state index contributed by atoms with van der Waals surface area (Å²) in [6.45, 7) is 0. The Labute approximate surface area is 96.9 Å². The maximum Gasteiger partial charge on any atom is 0.339 e. The average Bonchev–Trinajstić information content (AvgIpc) is 2.32. The largest absolute Gasteiger partial charge is 0.478 e. The van der Waals surface area contributed by atoms with Crippen molar-refractivity contribution in [3.8, 4) is 0 Å². The van der Waals surface area contributed by atoms with Crippen LogP contribution in [0.15, 0.2) is 48.1 Å². The quantitative estimate of drug-likeness (QED) is 0.610. The lowest BCUT2D eigenvalue weighted by Crippen LogP contribution is -2.18. The maximum absolute atomic E-state index is 11.7. The number of carbonyl (C=O) groups excluding carboxylic acids is 2. The van der Waals surface area contributed by atoms with Gasteiger partial charge in [-0.05, 0) is 11.6 Å². The van der Waals surface area contributed by atoms with Crippen molar-refractivity contribution in [1.82, 2.24) is 0 Å². The summed E-state index contributed by atoms with van der Waals surface area (Å²) >= 11 is 0. The molecule has 1 aromatic carbocycles. The second-order valence-corrected chi connectivity index (χ2v) is 3.52. The monoisotopic (exact) mass is 228 g/mol. The lowest BCUT2D eigenvalue weighted by Gasteiger charge is -2.09. The molecule has 4 nitrogen and oxygen atoms in total. The Balaban J connectivity index is 2.42. The van der Waals surface area contributed by atoms with Gasteiger partial charge in [0, 0.05) is 11.6 Å². The van der Waals surface area contributed by atoms with Crippen LogP contribution in [0.3, 0.4) is 0 Å². The zero-order valence-corrected chi connectivity index (χ0v) is 8.71. The second-order valence-electron chi connectivity index (χ2n) is 3.52. The summed E-state index contributed by atoms with van der Waals surface area (Å²) in [4.78, 5) is 33.9. The summed E-state index contributed by atoms with van der Waals surface area (Å²) in [5, 5.41) is 8.71. The Morgan fingerprint density at radius 3 is 2.18 bits per heavy atom. The second kappa shape index (κ2) is 4.17. The topological polar surface area (TPSA) is 71.4 Å². The summed E-state index contributed by atoms with van der Waals surface area (Å²) < 4.78 is 0. The molecular formula is C13H8O4. The number of aliphatic carboxylic acids is 1. The molecule has 2 rings (SSSR count). The van der Waals surface area contributed by atoms with Gasteiger partial charge in [-0.15, -0.1) is 0 Å². The molecule has 1 aliphatic rings. The molecule has 84 valence electrons. The van der Waals surface area contributed by atoms with E-state index in [1.165, 1.54) is 0 Å². The highest BCUT2D eigenvalue weighted by Crippen LogP contribution is 2.21.